The van der Waals surface area contributed by atoms with Gasteiger partial charge in [0.2, 0.25) is 0 Å². The van der Waals surface area contributed by atoms with Gasteiger partial charge in [0.05, 0.1) is 0 Å². The molecule has 1 saturated carbocycles. The normalized spacial score (nSPS) is 32.1. The number of aliphatic hydroxyl groups is 1. The van der Waals surface area contributed by atoms with E-state index in [9.17, 15) is 5.11 Å². The molecule has 3 rings (SSSR count). The van der Waals surface area contributed by atoms with Crippen molar-refractivity contribution >= 4 is 0 Å². The Morgan fingerprint density at radius 3 is 2.71 bits per heavy atom. The summed E-state index contributed by atoms with van der Waals surface area (Å²) in [7, 11) is 0. The molecule has 0 aliphatic heterocycles. The summed E-state index contributed by atoms with van der Waals surface area (Å²) in [4.78, 5) is 0. The average Bonchev–Trinajstić information content (AvgIpc) is 2.45. The summed E-state index contributed by atoms with van der Waals surface area (Å²) in [6, 6.07) is 7.01. The first-order chi connectivity index (χ1) is 9.88. The van der Waals surface area contributed by atoms with Crippen LogP contribution in [0, 0.1) is 11.3 Å². The van der Waals surface area contributed by atoms with E-state index in [1.165, 1.54) is 37.7 Å². The van der Waals surface area contributed by atoms with E-state index < -0.39 is 0 Å². The van der Waals surface area contributed by atoms with E-state index in [1.54, 1.807) is 11.1 Å². The summed E-state index contributed by atoms with van der Waals surface area (Å²) < 4.78 is 0. The number of fused-ring (bicyclic) bond motifs is 3. The topological polar surface area (TPSA) is 20.2 Å². The highest BCUT2D eigenvalue weighted by Gasteiger charge is 2.49. The molecular formula is C20H30O. The number of hydrogen-bond acceptors (Lipinski definition) is 1. The van der Waals surface area contributed by atoms with Crippen LogP contribution in [0.3, 0.4) is 0 Å². The van der Waals surface area contributed by atoms with Crippen LogP contribution in [0.4, 0.5) is 0 Å². The van der Waals surface area contributed by atoms with Gasteiger partial charge in [-0.1, -0.05) is 52.3 Å². The van der Waals surface area contributed by atoms with Crippen LogP contribution in [0.2, 0.25) is 0 Å². The molecule has 1 aromatic rings. The number of hydrogen-bond donors (Lipinski definition) is 1. The van der Waals surface area contributed by atoms with Gasteiger partial charge in [0, 0.05) is 12.5 Å². The molecule has 1 fully saturated rings. The number of aliphatic hydroxyl groups excluding tert-OH is 1. The summed E-state index contributed by atoms with van der Waals surface area (Å²) in [5.41, 5.74) is 5.27. The molecule has 2 aliphatic carbocycles. The van der Waals surface area contributed by atoms with Crippen molar-refractivity contribution in [2.24, 2.45) is 11.3 Å². The second-order valence-corrected chi connectivity index (χ2v) is 8.35. The van der Waals surface area contributed by atoms with Crippen molar-refractivity contribution in [2.45, 2.75) is 71.1 Å². The van der Waals surface area contributed by atoms with E-state index in [0.29, 0.717) is 10.8 Å². The predicted molar refractivity (Wildman–Crippen MR) is 88.7 cm³/mol. The van der Waals surface area contributed by atoms with Crippen molar-refractivity contribution in [3.8, 4) is 0 Å². The third-order valence-corrected chi connectivity index (χ3v) is 6.52. The minimum atomic E-state index is 0.242. The third kappa shape index (κ3) is 2.34. The first kappa shape index (κ1) is 15.1. The fraction of sp³-hybridized carbons (Fsp3) is 0.700. The molecule has 0 spiro atoms. The summed E-state index contributed by atoms with van der Waals surface area (Å²) in [5.74, 6) is 1.07. The molecule has 0 heterocycles. The molecule has 1 aromatic carbocycles. The maximum Gasteiger partial charge on any atom is 0.0497 e. The van der Waals surface area contributed by atoms with E-state index >= 15 is 0 Å². The third-order valence-electron chi connectivity index (χ3n) is 6.52. The largest absolute Gasteiger partial charge is 0.396 e. The molecule has 21 heavy (non-hydrogen) atoms. The van der Waals surface area contributed by atoms with E-state index in [0.717, 1.165) is 5.92 Å². The standard InChI is InChI=1S/C20H30O/c1-14(13-21)15-6-8-17-16(12-15)7-9-18-19(2,3)10-5-11-20(17,18)4/h6,8,12,14,18,21H,5,7,9-11,13H2,1-4H3. The van der Waals surface area contributed by atoms with Gasteiger partial charge < -0.3 is 5.11 Å². The smallest absolute Gasteiger partial charge is 0.0497 e. The lowest BCUT2D eigenvalue weighted by molar-refractivity contribution is 0.0407. The minimum absolute atomic E-state index is 0.242. The van der Waals surface area contributed by atoms with Gasteiger partial charge in [0.15, 0.2) is 0 Å². The van der Waals surface area contributed by atoms with Crippen molar-refractivity contribution in [1.29, 1.82) is 0 Å². The van der Waals surface area contributed by atoms with Crippen LogP contribution >= 0.6 is 0 Å². The van der Waals surface area contributed by atoms with Crippen molar-refractivity contribution in [3.63, 3.8) is 0 Å². The number of aryl methyl sites for hydroxylation is 1. The van der Waals surface area contributed by atoms with E-state index in [-0.39, 0.29) is 12.5 Å². The Labute approximate surface area is 129 Å². The molecule has 0 radical (unpaired) electrons. The Bertz CT molecular complexity index is 531. The molecule has 1 N–H and O–H groups in total. The fourth-order valence-electron chi connectivity index (χ4n) is 5.24. The van der Waals surface area contributed by atoms with Gasteiger partial charge >= 0.3 is 0 Å². The Hall–Kier alpha value is -0.820. The maximum absolute atomic E-state index is 9.40. The lowest BCUT2D eigenvalue weighted by Crippen LogP contribution is -2.47. The maximum atomic E-state index is 9.40. The highest BCUT2D eigenvalue weighted by atomic mass is 16.3. The van der Waals surface area contributed by atoms with Gasteiger partial charge in [0.25, 0.3) is 0 Å². The van der Waals surface area contributed by atoms with Gasteiger partial charge in [-0.2, -0.15) is 0 Å². The zero-order chi connectivity index (χ0) is 15.3. The van der Waals surface area contributed by atoms with Crippen molar-refractivity contribution in [3.05, 3.63) is 34.9 Å². The number of rotatable bonds is 2. The van der Waals surface area contributed by atoms with Gasteiger partial charge in [-0.3, -0.25) is 0 Å². The zero-order valence-electron chi connectivity index (χ0n) is 14.1. The molecule has 1 nitrogen and oxygen atoms in total. The van der Waals surface area contributed by atoms with Crippen LogP contribution in [0.5, 0.6) is 0 Å². The highest BCUT2D eigenvalue weighted by molar-refractivity contribution is 5.42. The summed E-state index contributed by atoms with van der Waals surface area (Å²) in [5, 5.41) is 9.40. The molecule has 0 saturated heterocycles. The van der Waals surface area contributed by atoms with Crippen molar-refractivity contribution < 1.29 is 5.11 Å². The Morgan fingerprint density at radius 2 is 2.00 bits per heavy atom. The average molecular weight is 286 g/mol. The molecule has 0 amide bonds. The summed E-state index contributed by atoms with van der Waals surface area (Å²) in [6.07, 6.45) is 6.61. The van der Waals surface area contributed by atoms with Crippen molar-refractivity contribution in [2.75, 3.05) is 6.61 Å². The molecule has 3 atom stereocenters. The minimum Gasteiger partial charge on any atom is -0.396 e. The molecule has 1 heteroatoms. The highest BCUT2D eigenvalue weighted by Crippen LogP contribution is 2.57. The molecule has 0 aromatic heterocycles. The zero-order valence-corrected chi connectivity index (χ0v) is 14.1. The predicted octanol–water partition coefficient (Wildman–Crippen LogP) is 4.81. The van der Waals surface area contributed by atoms with Gasteiger partial charge in [-0.15, -0.1) is 0 Å². The Morgan fingerprint density at radius 1 is 1.24 bits per heavy atom. The van der Waals surface area contributed by atoms with E-state index in [2.05, 4.69) is 45.9 Å². The SMILES string of the molecule is CC(CO)c1ccc2c(c1)CCC1C(C)(C)CCCC21C. The molecule has 0 bridgehead atoms. The first-order valence-corrected chi connectivity index (χ1v) is 8.62. The molecule has 116 valence electrons. The van der Waals surface area contributed by atoms with Crippen molar-refractivity contribution in [1.82, 2.24) is 0 Å². The lowest BCUT2D eigenvalue weighted by Gasteiger charge is -2.54. The Kier molecular flexibility index (Phi) is 3.68. The molecular weight excluding hydrogens is 256 g/mol. The van der Waals surface area contributed by atoms with E-state index in [1.807, 2.05) is 0 Å². The van der Waals surface area contributed by atoms with Crippen LogP contribution in [0.15, 0.2) is 18.2 Å². The van der Waals surface area contributed by atoms with E-state index in [4.69, 9.17) is 0 Å². The van der Waals surface area contributed by atoms with Crippen LogP contribution in [0.25, 0.3) is 0 Å². The van der Waals surface area contributed by atoms with Gasteiger partial charge in [0.1, 0.15) is 0 Å². The van der Waals surface area contributed by atoms with Crippen LogP contribution < -0.4 is 0 Å². The van der Waals surface area contributed by atoms with Crippen LogP contribution in [-0.2, 0) is 11.8 Å². The summed E-state index contributed by atoms with van der Waals surface area (Å²) >= 11 is 0. The second kappa shape index (κ2) is 5.12. The monoisotopic (exact) mass is 286 g/mol. The molecule has 2 aliphatic rings. The van der Waals surface area contributed by atoms with Gasteiger partial charge in [-0.25, -0.2) is 0 Å². The fourth-order valence-corrected chi connectivity index (χ4v) is 5.24. The Balaban J connectivity index is 2.03. The molecule has 3 unspecified atom stereocenters. The van der Waals surface area contributed by atoms with Crippen LogP contribution in [0.1, 0.15) is 76.0 Å². The van der Waals surface area contributed by atoms with Gasteiger partial charge in [-0.05, 0) is 59.1 Å². The quantitative estimate of drug-likeness (QED) is 0.827. The lowest BCUT2D eigenvalue weighted by atomic mass is 9.50. The number of benzene rings is 1. The first-order valence-electron chi connectivity index (χ1n) is 8.62. The summed E-state index contributed by atoms with van der Waals surface area (Å²) in [6.45, 7) is 9.81. The second-order valence-electron chi connectivity index (χ2n) is 8.35. The van der Waals surface area contributed by atoms with Crippen LogP contribution in [-0.4, -0.2) is 11.7 Å².